The molecule has 1 saturated carbocycles. The van der Waals surface area contributed by atoms with Gasteiger partial charge in [0.05, 0.1) is 28.9 Å². The van der Waals surface area contributed by atoms with Gasteiger partial charge in [-0.2, -0.15) is 17.8 Å². The van der Waals surface area contributed by atoms with Crippen LogP contribution in [0.15, 0.2) is 54.2 Å². The number of benzene rings is 2. The molecule has 5 rings (SSSR count). The molecule has 7 nitrogen and oxygen atoms in total. The summed E-state index contributed by atoms with van der Waals surface area (Å²) in [5, 5.41) is 16.4. The third-order valence-electron chi connectivity index (χ3n) is 7.98. The average molecular weight is 529 g/mol. The summed E-state index contributed by atoms with van der Waals surface area (Å²) in [6.07, 6.45) is 6.31. The first-order valence-electron chi connectivity index (χ1n) is 12.2. The molecule has 2 aliphatic carbocycles. The van der Waals surface area contributed by atoms with Crippen LogP contribution in [0.3, 0.4) is 0 Å². The number of anilines is 1. The maximum Gasteiger partial charge on any atom is 0.301 e. The van der Waals surface area contributed by atoms with Gasteiger partial charge < -0.3 is 5.11 Å². The highest BCUT2D eigenvalue weighted by molar-refractivity contribution is 7.90. The summed E-state index contributed by atoms with van der Waals surface area (Å²) in [6.45, 7) is 2.05. The lowest BCUT2D eigenvalue weighted by Crippen LogP contribution is -2.45. The van der Waals surface area contributed by atoms with E-state index in [2.05, 4.69) is 15.9 Å². The van der Waals surface area contributed by atoms with Crippen LogP contribution in [0.25, 0.3) is 11.8 Å². The zero-order valence-corrected chi connectivity index (χ0v) is 21.8. The molecule has 0 unspecified atom stereocenters. The van der Waals surface area contributed by atoms with Crippen LogP contribution >= 0.6 is 0 Å². The first kappa shape index (κ1) is 25.6. The summed E-state index contributed by atoms with van der Waals surface area (Å²) in [5.41, 5.74) is 2.56. The number of nitrogens with one attached hydrogen (secondary N) is 1. The van der Waals surface area contributed by atoms with Crippen molar-refractivity contribution in [1.29, 1.82) is 0 Å². The van der Waals surface area contributed by atoms with Crippen molar-refractivity contribution in [3.63, 3.8) is 0 Å². The molecule has 0 bridgehead atoms. The number of aryl methyl sites for hydroxylation is 1. The van der Waals surface area contributed by atoms with Crippen LogP contribution in [-0.2, 0) is 23.1 Å². The van der Waals surface area contributed by atoms with Gasteiger partial charge in [-0.3, -0.25) is 4.72 Å². The summed E-state index contributed by atoms with van der Waals surface area (Å²) >= 11 is 0. The van der Waals surface area contributed by atoms with E-state index in [1.54, 1.807) is 35.1 Å². The Morgan fingerprint density at radius 3 is 2.59 bits per heavy atom. The Balaban J connectivity index is 1.41. The van der Waals surface area contributed by atoms with Crippen molar-refractivity contribution in [1.82, 2.24) is 14.1 Å². The predicted octanol–water partition coefficient (Wildman–Crippen LogP) is 4.47. The quantitative estimate of drug-likeness (QED) is 0.474. The van der Waals surface area contributed by atoms with E-state index in [1.165, 1.54) is 32.3 Å². The van der Waals surface area contributed by atoms with Gasteiger partial charge in [-0.05, 0) is 79.6 Å². The highest BCUT2D eigenvalue weighted by Crippen LogP contribution is 2.57. The molecule has 2 N–H and O–H groups in total. The van der Waals surface area contributed by atoms with Gasteiger partial charge in [-0.15, -0.1) is 0 Å². The first-order chi connectivity index (χ1) is 17.4. The Hall–Kier alpha value is -3.08. The number of aliphatic hydroxyl groups is 1. The predicted molar refractivity (Wildman–Crippen MR) is 138 cm³/mol. The molecule has 196 valence electrons. The minimum Gasteiger partial charge on any atom is -0.389 e. The lowest BCUT2D eigenvalue weighted by molar-refractivity contribution is -0.0461. The van der Waals surface area contributed by atoms with Crippen molar-refractivity contribution in [2.45, 2.75) is 44.6 Å². The van der Waals surface area contributed by atoms with E-state index < -0.39 is 27.0 Å². The molecule has 0 aliphatic heterocycles. The van der Waals surface area contributed by atoms with Crippen molar-refractivity contribution < 1.29 is 22.3 Å². The van der Waals surface area contributed by atoms with Crippen molar-refractivity contribution in [2.24, 2.45) is 5.41 Å². The SMILES string of the molecule is CN(C)S(=O)(=O)Nc1c(F)cccc1CC[C@]1(O)CCC2=Cc3c(cnn3-c3ccc(F)cc3)C[C@@]21C. The number of hydrogen-bond donors (Lipinski definition) is 2. The molecule has 2 aromatic carbocycles. The fourth-order valence-electron chi connectivity index (χ4n) is 5.57. The number of para-hydroxylation sites is 1. The molecule has 1 heterocycles. The van der Waals surface area contributed by atoms with Crippen molar-refractivity contribution >= 4 is 22.0 Å². The number of rotatable bonds is 7. The van der Waals surface area contributed by atoms with Gasteiger partial charge in [0, 0.05) is 19.5 Å². The molecule has 0 amide bonds. The van der Waals surface area contributed by atoms with E-state index in [0.29, 0.717) is 37.7 Å². The van der Waals surface area contributed by atoms with E-state index in [4.69, 9.17) is 0 Å². The van der Waals surface area contributed by atoms with Gasteiger partial charge in [-0.1, -0.05) is 24.6 Å². The standard InChI is InChI=1S/C27H30F2N4O3S/c1-26-16-19-17-30-33(22-9-7-21(28)8-10-22)24(19)15-20(26)12-14-27(26,34)13-11-18-5-4-6-23(29)25(18)31-37(35,36)32(2)3/h4-10,15,17,31,34H,11-14,16H2,1-3H3/t26-,27-/m0/s1. The molecule has 2 atom stereocenters. The molecule has 3 aromatic rings. The Kier molecular flexibility index (Phi) is 6.24. The van der Waals surface area contributed by atoms with Crippen LogP contribution in [-0.4, -0.2) is 47.3 Å². The monoisotopic (exact) mass is 528 g/mol. The van der Waals surface area contributed by atoms with Crippen LogP contribution in [0.5, 0.6) is 0 Å². The van der Waals surface area contributed by atoms with E-state index in [1.807, 2.05) is 6.92 Å². The number of hydrogen-bond acceptors (Lipinski definition) is 4. The molecule has 2 aliphatic rings. The average Bonchev–Trinajstić information content (AvgIpc) is 3.36. The topological polar surface area (TPSA) is 87.5 Å². The van der Waals surface area contributed by atoms with Gasteiger partial charge in [0.2, 0.25) is 0 Å². The second kappa shape index (κ2) is 9.04. The molecule has 0 saturated heterocycles. The summed E-state index contributed by atoms with van der Waals surface area (Å²) < 4.78 is 57.9. The molecule has 37 heavy (non-hydrogen) atoms. The number of aromatic nitrogens is 2. The van der Waals surface area contributed by atoms with E-state index in [-0.39, 0.29) is 11.5 Å². The van der Waals surface area contributed by atoms with Crippen LogP contribution in [0, 0.1) is 17.0 Å². The van der Waals surface area contributed by atoms with E-state index >= 15 is 0 Å². The van der Waals surface area contributed by atoms with Crippen molar-refractivity contribution in [3.8, 4) is 5.69 Å². The first-order valence-corrected chi connectivity index (χ1v) is 13.6. The zero-order valence-electron chi connectivity index (χ0n) is 21.0. The van der Waals surface area contributed by atoms with Gasteiger partial charge in [0.1, 0.15) is 11.6 Å². The van der Waals surface area contributed by atoms with E-state index in [9.17, 15) is 22.3 Å². The van der Waals surface area contributed by atoms with Crippen LogP contribution < -0.4 is 4.72 Å². The molecular weight excluding hydrogens is 498 g/mol. The molecule has 10 heteroatoms. The molecule has 0 spiro atoms. The second-order valence-electron chi connectivity index (χ2n) is 10.3. The normalized spacial score (nSPS) is 23.1. The third-order valence-corrected chi connectivity index (χ3v) is 9.40. The summed E-state index contributed by atoms with van der Waals surface area (Å²) in [5.74, 6) is -0.976. The number of halogens is 2. The van der Waals surface area contributed by atoms with Crippen molar-refractivity contribution in [3.05, 3.63) is 82.7 Å². The Morgan fingerprint density at radius 1 is 1.16 bits per heavy atom. The second-order valence-corrected chi connectivity index (χ2v) is 12.2. The lowest BCUT2D eigenvalue weighted by Gasteiger charge is -2.42. The van der Waals surface area contributed by atoms with Crippen LogP contribution in [0.1, 0.15) is 43.0 Å². The molecule has 1 fully saturated rings. The Bertz CT molecular complexity index is 1480. The largest absolute Gasteiger partial charge is 0.389 e. The smallest absolute Gasteiger partial charge is 0.301 e. The molecular formula is C27H30F2N4O3S. The highest BCUT2D eigenvalue weighted by Gasteiger charge is 2.54. The van der Waals surface area contributed by atoms with Gasteiger partial charge in [-0.25, -0.2) is 13.5 Å². The van der Waals surface area contributed by atoms with Crippen molar-refractivity contribution in [2.75, 3.05) is 18.8 Å². The summed E-state index contributed by atoms with van der Waals surface area (Å²) in [4.78, 5) is 0. The highest BCUT2D eigenvalue weighted by atomic mass is 32.2. The maximum absolute atomic E-state index is 14.7. The lowest BCUT2D eigenvalue weighted by atomic mass is 9.65. The number of nitrogens with zero attached hydrogens (tertiary/aromatic N) is 3. The van der Waals surface area contributed by atoms with Crippen LogP contribution in [0.4, 0.5) is 14.5 Å². The summed E-state index contributed by atoms with van der Waals surface area (Å²) in [7, 11) is -1.16. The van der Waals surface area contributed by atoms with Crippen LogP contribution in [0.2, 0.25) is 0 Å². The fraction of sp³-hybridized carbons (Fsp3) is 0.370. The molecule has 0 radical (unpaired) electrons. The minimum atomic E-state index is -3.89. The van der Waals surface area contributed by atoms with Gasteiger partial charge >= 0.3 is 10.2 Å². The maximum atomic E-state index is 14.7. The van der Waals surface area contributed by atoms with Gasteiger partial charge in [0.25, 0.3) is 0 Å². The summed E-state index contributed by atoms with van der Waals surface area (Å²) in [6, 6.07) is 10.6. The third kappa shape index (κ3) is 4.36. The number of fused-ring (bicyclic) bond motifs is 2. The Labute approximate surface area is 215 Å². The molecule has 1 aromatic heterocycles. The van der Waals surface area contributed by atoms with E-state index in [0.717, 1.165) is 26.8 Å². The fourth-order valence-corrected chi connectivity index (χ4v) is 6.24. The van der Waals surface area contributed by atoms with Gasteiger partial charge in [0.15, 0.2) is 0 Å². The Morgan fingerprint density at radius 2 is 1.89 bits per heavy atom. The zero-order chi connectivity index (χ0) is 26.6. The minimum absolute atomic E-state index is 0.0924.